The van der Waals surface area contributed by atoms with Crippen LogP contribution in [0.25, 0.3) is 0 Å². The monoisotopic (exact) mass is 154 g/mol. The van der Waals surface area contributed by atoms with Crippen LogP contribution in [0.4, 0.5) is 0 Å². The standard InChI is InChI=1S/C8H10O3/c9-7(8(10)11)6-4-2-1-3-5-6/h1-5,7-11H/t7-/m0/s1. The Balaban J connectivity index is 2.77. The summed E-state index contributed by atoms with van der Waals surface area (Å²) in [6, 6.07) is 8.50. The summed E-state index contributed by atoms with van der Waals surface area (Å²) in [5.41, 5.74) is 0.502. The zero-order valence-electron chi connectivity index (χ0n) is 5.88. The molecule has 3 heteroatoms. The van der Waals surface area contributed by atoms with Gasteiger partial charge in [-0.2, -0.15) is 0 Å². The SMILES string of the molecule is OC(O)[C@@H](O)c1ccccc1. The smallest absolute Gasteiger partial charge is 0.182 e. The third-order valence-corrected chi connectivity index (χ3v) is 1.42. The maximum atomic E-state index is 9.10. The van der Waals surface area contributed by atoms with Gasteiger partial charge in [-0.25, -0.2) is 0 Å². The highest BCUT2D eigenvalue weighted by Crippen LogP contribution is 2.13. The highest BCUT2D eigenvalue weighted by Gasteiger charge is 2.13. The van der Waals surface area contributed by atoms with Crippen LogP contribution >= 0.6 is 0 Å². The summed E-state index contributed by atoms with van der Waals surface area (Å²) in [6.45, 7) is 0. The van der Waals surface area contributed by atoms with Crippen molar-refractivity contribution >= 4 is 0 Å². The molecular weight excluding hydrogens is 144 g/mol. The Kier molecular flexibility index (Phi) is 2.59. The Hall–Kier alpha value is -0.900. The van der Waals surface area contributed by atoms with E-state index in [1.54, 1.807) is 30.3 Å². The molecule has 0 radical (unpaired) electrons. The van der Waals surface area contributed by atoms with E-state index >= 15 is 0 Å². The third-order valence-electron chi connectivity index (χ3n) is 1.42. The topological polar surface area (TPSA) is 60.7 Å². The predicted octanol–water partition coefficient (Wildman–Crippen LogP) is 0.0307. The minimum Gasteiger partial charge on any atom is -0.383 e. The summed E-state index contributed by atoms with van der Waals surface area (Å²) in [4.78, 5) is 0. The van der Waals surface area contributed by atoms with E-state index in [-0.39, 0.29) is 0 Å². The molecule has 1 aromatic carbocycles. The van der Waals surface area contributed by atoms with Gasteiger partial charge in [0.2, 0.25) is 0 Å². The van der Waals surface area contributed by atoms with Crippen molar-refractivity contribution in [3.05, 3.63) is 35.9 Å². The zero-order chi connectivity index (χ0) is 8.27. The molecule has 0 aliphatic heterocycles. The Bertz CT molecular complexity index is 208. The van der Waals surface area contributed by atoms with Crippen molar-refractivity contribution in [3.63, 3.8) is 0 Å². The predicted molar refractivity (Wildman–Crippen MR) is 39.6 cm³/mol. The zero-order valence-corrected chi connectivity index (χ0v) is 5.88. The van der Waals surface area contributed by atoms with E-state index in [1.165, 1.54) is 0 Å². The molecule has 0 fully saturated rings. The van der Waals surface area contributed by atoms with E-state index in [1.807, 2.05) is 0 Å². The molecule has 1 rings (SSSR count). The minimum absolute atomic E-state index is 0.502. The maximum Gasteiger partial charge on any atom is 0.182 e. The van der Waals surface area contributed by atoms with Gasteiger partial charge in [0.15, 0.2) is 6.29 Å². The van der Waals surface area contributed by atoms with Crippen molar-refractivity contribution in [2.45, 2.75) is 12.4 Å². The van der Waals surface area contributed by atoms with Crippen LogP contribution in [0.15, 0.2) is 30.3 Å². The van der Waals surface area contributed by atoms with Gasteiger partial charge in [-0.15, -0.1) is 0 Å². The van der Waals surface area contributed by atoms with Gasteiger partial charge in [0.25, 0.3) is 0 Å². The number of benzene rings is 1. The maximum absolute atomic E-state index is 9.10. The molecule has 3 N–H and O–H groups in total. The molecular formula is C8H10O3. The Morgan fingerprint density at radius 3 is 1.91 bits per heavy atom. The van der Waals surface area contributed by atoms with Crippen molar-refractivity contribution in [2.75, 3.05) is 0 Å². The largest absolute Gasteiger partial charge is 0.383 e. The van der Waals surface area contributed by atoms with Gasteiger partial charge in [-0.1, -0.05) is 30.3 Å². The van der Waals surface area contributed by atoms with E-state index in [2.05, 4.69) is 0 Å². The molecule has 0 saturated carbocycles. The van der Waals surface area contributed by atoms with Crippen LogP contribution in [-0.4, -0.2) is 21.6 Å². The van der Waals surface area contributed by atoms with Crippen LogP contribution in [-0.2, 0) is 0 Å². The number of aliphatic hydroxyl groups is 3. The molecule has 0 aliphatic rings. The highest BCUT2D eigenvalue weighted by molar-refractivity contribution is 5.17. The van der Waals surface area contributed by atoms with Crippen LogP contribution in [0.2, 0.25) is 0 Å². The van der Waals surface area contributed by atoms with E-state index in [9.17, 15) is 0 Å². The van der Waals surface area contributed by atoms with Gasteiger partial charge in [-0.05, 0) is 5.56 Å². The van der Waals surface area contributed by atoms with Crippen LogP contribution < -0.4 is 0 Å². The fraction of sp³-hybridized carbons (Fsp3) is 0.250. The average Bonchev–Trinajstić information content (AvgIpc) is 2.05. The first kappa shape index (κ1) is 8.20. The molecule has 3 nitrogen and oxygen atoms in total. The lowest BCUT2D eigenvalue weighted by atomic mass is 10.1. The van der Waals surface area contributed by atoms with Gasteiger partial charge < -0.3 is 15.3 Å². The highest BCUT2D eigenvalue weighted by atomic mass is 16.5. The summed E-state index contributed by atoms with van der Waals surface area (Å²) in [7, 11) is 0. The first-order chi connectivity index (χ1) is 5.22. The Morgan fingerprint density at radius 2 is 1.45 bits per heavy atom. The van der Waals surface area contributed by atoms with E-state index in [0.717, 1.165) is 0 Å². The van der Waals surface area contributed by atoms with E-state index in [0.29, 0.717) is 5.56 Å². The quantitative estimate of drug-likeness (QED) is 0.527. The van der Waals surface area contributed by atoms with Gasteiger partial charge in [0.05, 0.1) is 0 Å². The summed E-state index contributed by atoms with van der Waals surface area (Å²) >= 11 is 0. The molecule has 0 aliphatic carbocycles. The van der Waals surface area contributed by atoms with Crippen molar-refractivity contribution in [1.29, 1.82) is 0 Å². The summed E-state index contributed by atoms with van der Waals surface area (Å²) in [5, 5.41) is 26.3. The second kappa shape index (κ2) is 3.48. The number of aliphatic hydroxyl groups excluding tert-OH is 2. The molecule has 60 valence electrons. The average molecular weight is 154 g/mol. The lowest BCUT2D eigenvalue weighted by Gasteiger charge is -2.11. The summed E-state index contributed by atoms with van der Waals surface area (Å²) < 4.78 is 0. The number of hydrogen-bond donors (Lipinski definition) is 3. The Morgan fingerprint density at radius 1 is 0.909 bits per heavy atom. The second-order valence-corrected chi connectivity index (χ2v) is 2.27. The normalized spacial score (nSPS) is 13.5. The molecule has 0 amide bonds. The van der Waals surface area contributed by atoms with Crippen molar-refractivity contribution in [3.8, 4) is 0 Å². The first-order valence-corrected chi connectivity index (χ1v) is 3.31. The van der Waals surface area contributed by atoms with Crippen LogP contribution in [0.5, 0.6) is 0 Å². The first-order valence-electron chi connectivity index (χ1n) is 3.31. The van der Waals surface area contributed by atoms with Crippen LogP contribution in [0.3, 0.4) is 0 Å². The van der Waals surface area contributed by atoms with Crippen molar-refractivity contribution < 1.29 is 15.3 Å². The molecule has 1 aromatic rings. The van der Waals surface area contributed by atoms with Gasteiger partial charge >= 0.3 is 0 Å². The van der Waals surface area contributed by atoms with Gasteiger partial charge in [0.1, 0.15) is 6.10 Å². The fourth-order valence-electron chi connectivity index (χ4n) is 0.822. The Labute approximate surface area is 64.5 Å². The number of rotatable bonds is 2. The molecule has 11 heavy (non-hydrogen) atoms. The second-order valence-electron chi connectivity index (χ2n) is 2.27. The molecule has 0 heterocycles. The van der Waals surface area contributed by atoms with Gasteiger partial charge in [0, 0.05) is 0 Å². The minimum atomic E-state index is -1.71. The molecule has 0 spiro atoms. The van der Waals surface area contributed by atoms with E-state index < -0.39 is 12.4 Å². The van der Waals surface area contributed by atoms with Gasteiger partial charge in [-0.3, -0.25) is 0 Å². The van der Waals surface area contributed by atoms with Crippen molar-refractivity contribution in [2.24, 2.45) is 0 Å². The lowest BCUT2D eigenvalue weighted by Crippen LogP contribution is -2.16. The fourth-order valence-corrected chi connectivity index (χ4v) is 0.822. The molecule has 0 aromatic heterocycles. The molecule has 0 bridgehead atoms. The van der Waals surface area contributed by atoms with Crippen molar-refractivity contribution in [1.82, 2.24) is 0 Å². The van der Waals surface area contributed by atoms with E-state index in [4.69, 9.17) is 15.3 Å². The third kappa shape index (κ3) is 2.01. The number of hydrogen-bond acceptors (Lipinski definition) is 3. The summed E-state index contributed by atoms with van der Waals surface area (Å²) in [5.74, 6) is 0. The summed E-state index contributed by atoms with van der Waals surface area (Å²) in [6.07, 6.45) is -2.92. The lowest BCUT2D eigenvalue weighted by molar-refractivity contribution is -0.123. The van der Waals surface area contributed by atoms with Crippen LogP contribution in [0.1, 0.15) is 11.7 Å². The molecule has 0 saturated heterocycles. The van der Waals surface area contributed by atoms with Crippen LogP contribution in [0, 0.1) is 0 Å². The molecule has 0 unspecified atom stereocenters. The molecule has 1 atom stereocenters.